The highest BCUT2D eigenvalue weighted by atomic mass is 16.5. The average molecular weight is 623 g/mol. The molecule has 252 valence electrons. The monoisotopic (exact) mass is 622 g/mol. The van der Waals surface area contributed by atoms with Gasteiger partial charge in [0.05, 0.1) is 25.4 Å². The van der Waals surface area contributed by atoms with Gasteiger partial charge in [0, 0.05) is 11.5 Å². The summed E-state index contributed by atoms with van der Waals surface area (Å²) < 4.78 is 10.8. The van der Waals surface area contributed by atoms with E-state index in [0.29, 0.717) is 11.5 Å². The molecule has 4 rings (SSSR count). The number of aliphatic hydroxyl groups excluding tert-OH is 1. The molecule has 0 aliphatic heterocycles. The summed E-state index contributed by atoms with van der Waals surface area (Å²) in [5.74, 6) is 4.87. The van der Waals surface area contributed by atoms with E-state index in [4.69, 9.17) is 14.6 Å². The summed E-state index contributed by atoms with van der Waals surface area (Å²) in [5.41, 5.74) is 2.01. The van der Waals surface area contributed by atoms with Crippen LogP contribution in [-0.2, 0) is 19.1 Å². The number of carbonyl (C=O) groups is 2. The Bertz CT molecular complexity index is 1040. The molecule has 3 saturated carbocycles. The number of carbonyl (C=O) groups excluding carboxylic acids is 2. The van der Waals surface area contributed by atoms with Gasteiger partial charge in [-0.25, -0.2) is 9.59 Å². The van der Waals surface area contributed by atoms with Crippen LogP contribution in [-0.4, -0.2) is 36.9 Å². The number of allylic oxidation sites excluding steroid dienone is 4. The highest BCUT2D eigenvalue weighted by molar-refractivity contribution is 5.88. The van der Waals surface area contributed by atoms with Crippen molar-refractivity contribution in [3.05, 3.63) is 48.1 Å². The number of hydrogen-bond acceptors (Lipinski definition) is 5. The molecule has 0 amide bonds. The van der Waals surface area contributed by atoms with Crippen molar-refractivity contribution in [3.8, 4) is 0 Å². The molecule has 0 saturated heterocycles. The van der Waals surface area contributed by atoms with Crippen LogP contribution < -0.4 is 0 Å². The topological polar surface area (TPSA) is 72.8 Å². The van der Waals surface area contributed by atoms with Gasteiger partial charge in [0.15, 0.2) is 0 Å². The van der Waals surface area contributed by atoms with E-state index in [1.807, 2.05) is 0 Å². The summed E-state index contributed by atoms with van der Waals surface area (Å²) in [7, 11) is 0. The number of esters is 2. The van der Waals surface area contributed by atoms with Crippen LogP contribution in [0.5, 0.6) is 0 Å². The lowest BCUT2D eigenvalue weighted by molar-refractivity contribution is -0.144. The van der Waals surface area contributed by atoms with Crippen LogP contribution in [0, 0.1) is 47.3 Å². The lowest BCUT2D eigenvalue weighted by Crippen LogP contribution is -2.32. The summed E-state index contributed by atoms with van der Waals surface area (Å²) in [6.07, 6.45) is 30.1. The van der Waals surface area contributed by atoms with Crippen LogP contribution in [0.2, 0.25) is 0 Å². The molecule has 4 aliphatic rings. The molecule has 0 aromatic carbocycles. The number of fused-ring (bicyclic) bond motifs is 1. The Labute approximate surface area is 274 Å². The molecule has 5 heteroatoms. The SMILES string of the molecule is C=C(C)C(=O)OCC(CCC1CCC(C2CCC(C3CCC4C=C(CCCCC)C=CC4C3)CC2)CC1)COC(=O)C(=C)CO. The van der Waals surface area contributed by atoms with E-state index in [2.05, 4.69) is 38.3 Å². The van der Waals surface area contributed by atoms with Crippen molar-refractivity contribution < 1.29 is 24.2 Å². The molecule has 3 fully saturated rings. The largest absolute Gasteiger partial charge is 0.462 e. The maximum absolute atomic E-state index is 12.0. The molecular formula is C40H62O5. The summed E-state index contributed by atoms with van der Waals surface area (Å²) in [4.78, 5) is 24.0. The fourth-order valence-corrected chi connectivity index (χ4v) is 8.84. The van der Waals surface area contributed by atoms with Gasteiger partial charge < -0.3 is 14.6 Å². The molecule has 45 heavy (non-hydrogen) atoms. The van der Waals surface area contributed by atoms with Crippen LogP contribution in [0.3, 0.4) is 0 Å². The molecule has 0 bridgehead atoms. The quantitative estimate of drug-likeness (QED) is 0.105. The Hall–Kier alpha value is -2.14. The van der Waals surface area contributed by atoms with Crippen LogP contribution >= 0.6 is 0 Å². The second-order valence-electron chi connectivity index (χ2n) is 15.1. The third kappa shape index (κ3) is 11.0. The third-order valence-corrected chi connectivity index (χ3v) is 11.8. The lowest BCUT2D eigenvalue weighted by atomic mass is 9.62. The zero-order valence-electron chi connectivity index (χ0n) is 28.5. The molecule has 4 unspecified atom stereocenters. The Kier molecular flexibility index (Phi) is 14.5. The number of aliphatic hydroxyl groups is 1. The number of unbranched alkanes of at least 4 members (excludes halogenated alkanes) is 2. The van der Waals surface area contributed by atoms with E-state index in [1.54, 1.807) is 12.5 Å². The van der Waals surface area contributed by atoms with Gasteiger partial charge in [-0.2, -0.15) is 0 Å². The molecule has 0 spiro atoms. The van der Waals surface area contributed by atoms with Crippen molar-refractivity contribution in [1.29, 1.82) is 0 Å². The lowest BCUT2D eigenvalue weighted by Gasteiger charge is -2.43. The minimum Gasteiger partial charge on any atom is -0.462 e. The van der Waals surface area contributed by atoms with Gasteiger partial charge >= 0.3 is 11.9 Å². The van der Waals surface area contributed by atoms with Crippen molar-refractivity contribution in [2.75, 3.05) is 19.8 Å². The fourth-order valence-electron chi connectivity index (χ4n) is 8.84. The Morgan fingerprint density at radius 1 is 0.844 bits per heavy atom. The molecule has 0 aromatic rings. The van der Waals surface area contributed by atoms with Crippen molar-refractivity contribution >= 4 is 11.9 Å². The van der Waals surface area contributed by atoms with Crippen molar-refractivity contribution in [2.24, 2.45) is 47.3 Å². The fraction of sp³-hybridized carbons (Fsp3) is 0.750. The standard InChI is InChI=1S/C40H62O5/c1-5-6-7-8-31-13-16-38-24-37(22-21-36(38)23-31)35-19-17-34(18-20-35)33-14-11-30(12-15-33)9-10-32(26-44-39(42)28(2)3)27-45-40(43)29(4)25-41/h13,16,23,30,32-38,41H,2,4-12,14-15,17-22,24-27H2,1,3H3. The van der Waals surface area contributed by atoms with Crippen LogP contribution in [0.15, 0.2) is 48.1 Å². The van der Waals surface area contributed by atoms with Gasteiger partial charge in [0.1, 0.15) is 0 Å². The van der Waals surface area contributed by atoms with Crippen LogP contribution in [0.4, 0.5) is 0 Å². The van der Waals surface area contributed by atoms with Crippen molar-refractivity contribution in [1.82, 2.24) is 0 Å². The Balaban J connectivity index is 1.15. The summed E-state index contributed by atoms with van der Waals surface area (Å²) >= 11 is 0. The van der Waals surface area contributed by atoms with E-state index in [1.165, 1.54) is 96.3 Å². The molecule has 5 nitrogen and oxygen atoms in total. The van der Waals surface area contributed by atoms with Crippen LogP contribution in [0.1, 0.15) is 123 Å². The zero-order valence-corrected chi connectivity index (χ0v) is 28.5. The zero-order chi connectivity index (χ0) is 32.2. The first-order chi connectivity index (χ1) is 21.8. The first-order valence-corrected chi connectivity index (χ1v) is 18.4. The van der Waals surface area contributed by atoms with Crippen LogP contribution in [0.25, 0.3) is 0 Å². The van der Waals surface area contributed by atoms with E-state index in [-0.39, 0.29) is 24.7 Å². The van der Waals surface area contributed by atoms with Gasteiger partial charge in [-0.05, 0) is 132 Å². The minimum atomic E-state index is -0.591. The Morgan fingerprint density at radius 3 is 2.07 bits per heavy atom. The maximum atomic E-state index is 12.0. The highest BCUT2D eigenvalue weighted by Gasteiger charge is 2.37. The van der Waals surface area contributed by atoms with Crippen molar-refractivity contribution in [2.45, 2.75) is 123 Å². The summed E-state index contributed by atoms with van der Waals surface area (Å²) in [6.45, 7) is 11.1. The number of rotatable bonds is 16. The molecule has 0 aromatic heterocycles. The highest BCUT2D eigenvalue weighted by Crippen LogP contribution is 2.48. The molecule has 0 heterocycles. The van der Waals surface area contributed by atoms with E-state index >= 15 is 0 Å². The number of hydrogen-bond donors (Lipinski definition) is 1. The van der Waals surface area contributed by atoms with Gasteiger partial charge in [0.2, 0.25) is 0 Å². The first kappa shape index (κ1) is 35.7. The minimum absolute atomic E-state index is 0.0396. The second kappa shape index (κ2) is 18.3. The Morgan fingerprint density at radius 2 is 1.44 bits per heavy atom. The number of ether oxygens (including phenoxy) is 2. The predicted octanol–water partition coefficient (Wildman–Crippen LogP) is 9.32. The van der Waals surface area contributed by atoms with E-state index in [0.717, 1.165) is 48.3 Å². The molecular weight excluding hydrogens is 560 g/mol. The van der Waals surface area contributed by atoms with E-state index in [9.17, 15) is 9.59 Å². The third-order valence-electron chi connectivity index (χ3n) is 11.8. The summed E-state index contributed by atoms with van der Waals surface area (Å²) in [5, 5.41) is 9.16. The predicted molar refractivity (Wildman–Crippen MR) is 182 cm³/mol. The van der Waals surface area contributed by atoms with Gasteiger partial charge in [-0.15, -0.1) is 0 Å². The molecule has 1 N–H and O–H groups in total. The smallest absolute Gasteiger partial charge is 0.335 e. The second-order valence-corrected chi connectivity index (χ2v) is 15.1. The maximum Gasteiger partial charge on any atom is 0.335 e. The summed E-state index contributed by atoms with van der Waals surface area (Å²) in [6, 6.07) is 0. The first-order valence-electron chi connectivity index (χ1n) is 18.4. The molecule has 4 atom stereocenters. The average Bonchev–Trinajstić information content (AvgIpc) is 3.07. The molecule has 0 radical (unpaired) electrons. The van der Waals surface area contributed by atoms with Gasteiger partial charge in [-0.3, -0.25) is 0 Å². The molecule has 4 aliphatic carbocycles. The normalized spacial score (nSPS) is 30.5. The van der Waals surface area contributed by atoms with Gasteiger partial charge in [0.25, 0.3) is 0 Å². The van der Waals surface area contributed by atoms with Gasteiger partial charge in [-0.1, -0.05) is 69.6 Å². The van der Waals surface area contributed by atoms with E-state index < -0.39 is 18.5 Å². The van der Waals surface area contributed by atoms with Crippen molar-refractivity contribution in [3.63, 3.8) is 0 Å².